The number of imide groups is 1. The van der Waals surface area contributed by atoms with Crippen molar-refractivity contribution in [1.29, 1.82) is 0 Å². The first-order valence-electron chi connectivity index (χ1n) is 8.76. The molecule has 2 amide bonds. The summed E-state index contributed by atoms with van der Waals surface area (Å²) in [6.45, 7) is 4.65. The molecule has 0 aliphatic carbocycles. The number of carbonyl (C=O) groups is 2. The normalized spacial score (nSPS) is 15.8. The lowest BCUT2D eigenvalue weighted by molar-refractivity contribution is -0.123. The molecule has 0 radical (unpaired) electrons. The lowest BCUT2D eigenvalue weighted by Gasteiger charge is -2.14. The molecule has 0 atom stereocenters. The maximum absolute atomic E-state index is 12.4. The summed E-state index contributed by atoms with van der Waals surface area (Å²) >= 11 is 13.4. The molecule has 1 heterocycles. The number of carbonyl (C=O) groups excluding carboxylic acids is 2. The van der Waals surface area contributed by atoms with Crippen molar-refractivity contribution in [2.75, 3.05) is 6.54 Å². The molecule has 7 heteroatoms. The third-order valence-corrected chi connectivity index (χ3v) is 5.59. The van der Waals surface area contributed by atoms with Crippen LogP contribution < -0.4 is 4.74 Å². The van der Waals surface area contributed by atoms with E-state index in [1.165, 1.54) is 4.90 Å². The fraction of sp³-hybridized carbons (Fsp3) is 0.238. The summed E-state index contributed by atoms with van der Waals surface area (Å²) < 4.78 is 5.76. The van der Waals surface area contributed by atoms with Gasteiger partial charge in [0.2, 0.25) is 0 Å². The van der Waals surface area contributed by atoms with Crippen LogP contribution in [-0.2, 0) is 11.4 Å². The smallest absolute Gasteiger partial charge is 0.293 e. The first kappa shape index (κ1) is 20.8. The maximum Gasteiger partial charge on any atom is 0.293 e. The zero-order valence-electron chi connectivity index (χ0n) is 15.4. The summed E-state index contributed by atoms with van der Waals surface area (Å²) in [6.07, 6.45) is 1.68. The summed E-state index contributed by atoms with van der Waals surface area (Å²) in [7, 11) is 0. The van der Waals surface area contributed by atoms with Crippen molar-refractivity contribution < 1.29 is 14.3 Å². The fourth-order valence-corrected chi connectivity index (χ4v) is 3.95. The van der Waals surface area contributed by atoms with E-state index in [9.17, 15) is 9.59 Å². The molecular formula is C21H19Cl2NO3S. The van der Waals surface area contributed by atoms with Crippen molar-refractivity contribution in [1.82, 2.24) is 4.90 Å². The van der Waals surface area contributed by atoms with Crippen molar-refractivity contribution >= 4 is 52.2 Å². The molecule has 1 aliphatic rings. The largest absolute Gasteiger partial charge is 0.487 e. The van der Waals surface area contributed by atoms with Crippen LogP contribution in [0, 0.1) is 5.92 Å². The van der Waals surface area contributed by atoms with E-state index in [0.717, 1.165) is 22.9 Å². The van der Waals surface area contributed by atoms with Gasteiger partial charge in [-0.15, -0.1) is 0 Å². The van der Waals surface area contributed by atoms with Gasteiger partial charge in [0.25, 0.3) is 11.1 Å². The number of halogens is 2. The van der Waals surface area contributed by atoms with E-state index in [1.807, 2.05) is 32.0 Å². The number of rotatable bonds is 6. The van der Waals surface area contributed by atoms with E-state index in [2.05, 4.69) is 0 Å². The molecule has 0 spiro atoms. The van der Waals surface area contributed by atoms with Gasteiger partial charge in [0.1, 0.15) is 12.4 Å². The Morgan fingerprint density at radius 1 is 1.11 bits per heavy atom. The molecular weight excluding hydrogens is 417 g/mol. The molecule has 146 valence electrons. The zero-order valence-corrected chi connectivity index (χ0v) is 17.8. The van der Waals surface area contributed by atoms with Crippen LogP contribution in [0.4, 0.5) is 4.79 Å². The summed E-state index contributed by atoms with van der Waals surface area (Å²) in [5, 5.41) is 0.810. The van der Waals surface area contributed by atoms with Crippen LogP contribution in [0.15, 0.2) is 47.4 Å². The second kappa shape index (κ2) is 9.03. The number of amides is 2. The number of hydrogen-bond acceptors (Lipinski definition) is 4. The monoisotopic (exact) mass is 435 g/mol. The Hall–Kier alpha value is -1.95. The Balaban J connectivity index is 1.72. The number of ether oxygens (including phenoxy) is 1. The molecule has 3 rings (SSSR count). The first-order valence-corrected chi connectivity index (χ1v) is 10.3. The van der Waals surface area contributed by atoms with Gasteiger partial charge in [0.15, 0.2) is 0 Å². The highest BCUT2D eigenvalue weighted by molar-refractivity contribution is 8.18. The van der Waals surface area contributed by atoms with Crippen LogP contribution in [0.1, 0.15) is 25.0 Å². The van der Waals surface area contributed by atoms with Gasteiger partial charge >= 0.3 is 0 Å². The molecule has 2 aromatic carbocycles. The minimum Gasteiger partial charge on any atom is -0.487 e. The lowest BCUT2D eigenvalue weighted by Crippen LogP contribution is -2.31. The first-order chi connectivity index (χ1) is 13.3. The SMILES string of the molecule is CC(C)CN1C(=O)SC(=Cc2ccc(OCc3ccccc3Cl)c(Cl)c2)C1=O. The third kappa shape index (κ3) is 4.90. The second-order valence-electron chi connectivity index (χ2n) is 6.76. The molecule has 0 unspecified atom stereocenters. The fourth-order valence-electron chi connectivity index (χ4n) is 2.67. The van der Waals surface area contributed by atoms with E-state index in [-0.39, 0.29) is 17.1 Å². The van der Waals surface area contributed by atoms with Gasteiger partial charge in [-0.2, -0.15) is 0 Å². The van der Waals surface area contributed by atoms with Gasteiger partial charge < -0.3 is 4.74 Å². The van der Waals surface area contributed by atoms with Crippen LogP contribution in [-0.4, -0.2) is 22.6 Å². The Morgan fingerprint density at radius 2 is 1.86 bits per heavy atom. The van der Waals surface area contributed by atoms with Crippen molar-refractivity contribution in [2.45, 2.75) is 20.5 Å². The van der Waals surface area contributed by atoms with Crippen molar-refractivity contribution in [3.63, 3.8) is 0 Å². The van der Waals surface area contributed by atoms with Gasteiger partial charge in [-0.05, 0) is 47.5 Å². The molecule has 4 nitrogen and oxygen atoms in total. The highest BCUT2D eigenvalue weighted by Gasteiger charge is 2.35. The number of nitrogens with zero attached hydrogens (tertiary/aromatic N) is 1. The molecule has 1 aliphatic heterocycles. The zero-order chi connectivity index (χ0) is 20.3. The summed E-state index contributed by atoms with van der Waals surface area (Å²) in [5.74, 6) is 0.474. The van der Waals surface area contributed by atoms with Crippen molar-refractivity contribution in [3.8, 4) is 5.75 Å². The minimum atomic E-state index is -0.265. The predicted octanol–water partition coefficient (Wildman–Crippen LogP) is 6.26. The van der Waals surface area contributed by atoms with E-state index >= 15 is 0 Å². The quantitative estimate of drug-likeness (QED) is 0.501. The summed E-state index contributed by atoms with van der Waals surface area (Å²) in [4.78, 5) is 26.2. The second-order valence-corrected chi connectivity index (χ2v) is 8.56. The van der Waals surface area contributed by atoms with Gasteiger partial charge in [0, 0.05) is 17.1 Å². The summed E-state index contributed by atoms with van der Waals surface area (Å²) in [5.41, 5.74) is 1.59. The molecule has 0 N–H and O–H groups in total. The van der Waals surface area contributed by atoms with Crippen molar-refractivity contribution in [3.05, 3.63) is 68.5 Å². The van der Waals surface area contributed by atoms with E-state index in [0.29, 0.717) is 33.9 Å². The Bertz CT molecular complexity index is 943. The van der Waals surface area contributed by atoms with Gasteiger partial charge in [-0.25, -0.2) is 0 Å². The molecule has 0 saturated carbocycles. The summed E-state index contributed by atoms with van der Waals surface area (Å²) in [6, 6.07) is 12.7. The number of hydrogen-bond donors (Lipinski definition) is 0. The minimum absolute atomic E-state index is 0.219. The standard InChI is InChI=1S/C21H19Cl2NO3S/c1-13(2)11-24-20(25)19(28-21(24)26)10-14-7-8-18(17(23)9-14)27-12-15-5-3-4-6-16(15)22/h3-10,13H,11-12H2,1-2H3. The molecule has 1 saturated heterocycles. The average Bonchev–Trinajstić information content (AvgIpc) is 2.89. The maximum atomic E-state index is 12.4. The van der Waals surface area contributed by atoms with E-state index in [1.54, 1.807) is 30.3 Å². The van der Waals surface area contributed by atoms with Gasteiger partial charge in [-0.1, -0.05) is 61.3 Å². The lowest BCUT2D eigenvalue weighted by atomic mass is 10.2. The van der Waals surface area contributed by atoms with Crippen LogP contribution >= 0.6 is 35.0 Å². The number of thioether (sulfide) groups is 1. The molecule has 2 aromatic rings. The van der Waals surface area contributed by atoms with Gasteiger partial charge in [0.05, 0.1) is 9.93 Å². The van der Waals surface area contributed by atoms with E-state index < -0.39 is 0 Å². The van der Waals surface area contributed by atoms with Crippen LogP contribution in [0.5, 0.6) is 5.75 Å². The Labute approximate surface area is 178 Å². The Morgan fingerprint density at radius 3 is 2.54 bits per heavy atom. The molecule has 0 bridgehead atoms. The van der Waals surface area contributed by atoms with Crippen molar-refractivity contribution in [2.24, 2.45) is 5.92 Å². The predicted molar refractivity (Wildman–Crippen MR) is 115 cm³/mol. The highest BCUT2D eigenvalue weighted by Crippen LogP contribution is 2.34. The van der Waals surface area contributed by atoms with E-state index in [4.69, 9.17) is 27.9 Å². The van der Waals surface area contributed by atoms with Crippen LogP contribution in [0.25, 0.3) is 6.08 Å². The number of benzene rings is 2. The van der Waals surface area contributed by atoms with Crippen LogP contribution in [0.2, 0.25) is 10.0 Å². The third-order valence-electron chi connectivity index (χ3n) is 4.02. The van der Waals surface area contributed by atoms with Gasteiger partial charge in [-0.3, -0.25) is 14.5 Å². The Kier molecular flexibility index (Phi) is 6.70. The molecule has 28 heavy (non-hydrogen) atoms. The van der Waals surface area contributed by atoms with Crippen LogP contribution in [0.3, 0.4) is 0 Å². The average molecular weight is 436 g/mol. The topological polar surface area (TPSA) is 46.6 Å². The molecule has 1 fully saturated rings. The molecule has 0 aromatic heterocycles. The highest BCUT2D eigenvalue weighted by atomic mass is 35.5.